The summed E-state index contributed by atoms with van der Waals surface area (Å²) in [5.41, 5.74) is -0.686. The summed E-state index contributed by atoms with van der Waals surface area (Å²) < 4.78 is 16.6. The van der Waals surface area contributed by atoms with E-state index in [1.54, 1.807) is 0 Å². The molecule has 0 aliphatic carbocycles. The van der Waals surface area contributed by atoms with Gasteiger partial charge in [0.05, 0.1) is 5.60 Å². The van der Waals surface area contributed by atoms with E-state index in [1.807, 2.05) is 13.8 Å². The van der Waals surface area contributed by atoms with Crippen LogP contribution in [0.4, 0.5) is 0 Å². The molecule has 0 bridgehead atoms. The van der Waals surface area contributed by atoms with Crippen molar-refractivity contribution < 1.29 is 18.9 Å². The third-order valence-electron chi connectivity index (χ3n) is 5.14. The van der Waals surface area contributed by atoms with Crippen LogP contribution in [0.15, 0.2) is 0 Å². The van der Waals surface area contributed by atoms with Gasteiger partial charge in [0, 0.05) is 0 Å². The van der Waals surface area contributed by atoms with Crippen molar-refractivity contribution in [3.05, 3.63) is 0 Å². The second-order valence-corrected chi connectivity index (χ2v) is 7.89. The Morgan fingerprint density at radius 3 is 1.74 bits per heavy atom. The highest BCUT2D eigenvalue weighted by Gasteiger charge is 2.40. The molecule has 140 valence electrons. The fourth-order valence-electron chi connectivity index (χ4n) is 3.63. The van der Waals surface area contributed by atoms with Crippen LogP contribution in [-0.2, 0) is 9.09 Å². The van der Waals surface area contributed by atoms with Crippen molar-refractivity contribution in [3.8, 4) is 0 Å². The summed E-state index contributed by atoms with van der Waals surface area (Å²) in [5.74, 6) is 0.213. The fourth-order valence-corrected chi connectivity index (χ4v) is 4.51. The summed E-state index contributed by atoms with van der Waals surface area (Å²) in [7, 11) is -4.45. The van der Waals surface area contributed by atoms with Crippen LogP contribution in [0, 0.1) is 5.92 Å². The lowest BCUT2D eigenvalue weighted by Gasteiger charge is -2.39. The smallest absolute Gasteiger partial charge is 0.303 e. The molecular formula is C18H39O4P. The molecule has 0 radical (unpaired) electrons. The average Bonchev–Trinajstić information content (AvgIpc) is 2.50. The molecule has 0 amide bonds. The van der Waals surface area contributed by atoms with E-state index in [9.17, 15) is 14.4 Å². The molecule has 0 rings (SSSR count). The van der Waals surface area contributed by atoms with E-state index in [2.05, 4.69) is 13.8 Å². The van der Waals surface area contributed by atoms with Crippen molar-refractivity contribution in [2.24, 2.45) is 5.92 Å². The van der Waals surface area contributed by atoms with Crippen molar-refractivity contribution in [1.29, 1.82) is 0 Å². The van der Waals surface area contributed by atoms with Gasteiger partial charge in [-0.1, -0.05) is 85.5 Å². The molecular weight excluding hydrogens is 311 g/mol. The predicted octanol–water partition coefficient (Wildman–Crippen LogP) is 6.21. The molecule has 0 aromatic carbocycles. The first-order chi connectivity index (χ1) is 10.8. The molecule has 0 saturated heterocycles. The standard InChI is InChI=1S/C18H39O4P/c1-5-9-10-11-12-13-14-15-16-17(6-2)18(7-3,8-4)22-23(19,20)21/h17H,5-16H2,1-4H3,(H2,19,20,21). The zero-order chi connectivity index (χ0) is 17.8. The van der Waals surface area contributed by atoms with Gasteiger partial charge in [0.2, 0.25) is 0 Å². The van der Waals surface area contributed by atoms with Crippen molar-refractivity contribution in [1.82, 2.24) is 0 Å². The summed E-state index contributed by atoms with van der Waals surface area (Å²) in [6, 6.07) is 0. The molecule has 23 heavy (non-hydrogen) atoms. The first-order valence-corrected chi connectivity index (χ1v) is 11.1. The van der Waals surface area contributed by atoms with Crippen LogP contribution < -0.4 is 0 Å². The Balaban J connectivity index is 4.30. The topological polar surface area (TPSA) is 66.8 Å². The lowest BCUT2D eigenvalue weighted by Crippen LogP contribution is -2.39. The molecule has 0 saturated carbocycles. The van der Waals surface area contributed by atoms with Gasteiger partial charge in [-0.05, 0) is 25.2 Å². The van der Waals surface area contributed by atoms with E-state index in [0.29, 0.717) is 12.8 Å². The van der Waals surface area contributed by atoms with Gasteiger partial charge < -0.3 is 9.79 Å². The highest BCUT2D eigenvalue weighted by atomic mass is 31.2. The van der Waals surface area contributed by atoms with Gasteiger partial charge in [0.15, 0.2) is 0 Å². The van der Waals surface area contributed by atoms with Gasteiger partial charge in [-0.3, -0.25) is 4.52 Å². The normalized spacial score (nSPS) is 14.2. The molecule has 0 aliphatic rings. The van der Waals surface area contributed by atoms with E-state index in [1.165, 1.54) is 44.9 Å². The Morgan fingerprint density at radius 1 is 0.870 bits per heavy atom. The summed E-state index contributed by atoms with van der Waals surface area (Å²) in [5, 5.41) is 0. The van der Waals surface area contributed by atoms with Crippen LogP contribution in [0.3, 0.4) is 0 Å². The Labute approximate surface area is 143 Å². The lowest BCUT2D eigenvalue weighted by atomic mass is 9.78. The molecule has 4 nitrogen and oxygen atoms in total. The Kier molecular flexibility index (Phi) is 12.5. The minimum absolute atomic E-state index is 0.213. The maximum absolute atomic E-state index is 11.4. The van der Waals surface area contributed by atoms with E-state index in [-0.39, 0.29) is 5.92 Å². The molecule has 0 spiro atoms. The second-order valence-electron chi connectivity index (χ2n) is 6.72. The Hall–Kier alpha value is 0.110. The van der Waals surface area contributed by atoms with Gasteiger partial charge >= 0.3 is 7.82 Å². The largest absolute Gasteiger partial charge is 0.470 e. The van der Waals surface area contributed by atoms with E-state index >= 15 is 0 Å². The zero-order valence-electron chi connectivity index (χ0n) is 15.7. The average molecular weight is 350 g/mol. The number of rotatable bonds is 15. The van der Waals surface area contributed by atoms with Crippen LogP contribution in [0.1, 0.15) is 105 Å². The SMILES string of the molecule is CCCCCCCCCCC(CC)C(CC)(CC)OP(=O)(O)O. The van der Waals surface area contributed by atoms with Crippen LogP contribution >= 0.6 is 7.82 Å². The first-order valence-electron chi connectivity index (χ1n) is 9.61. The highest BCUT2D eigenvalue weighted by molar-refractivity contribution is 7.46. The number of hydrogen-bond donors (Lipinski definition) is 2. The number of phosphoric acid groups is 1. The summed E-state index contributed by atoms with van der Waals surface area (Å²) >= 11 is 0. The first kappa shape index (κ1) is 23.1. The maximum Gasteiger partial charge on any atom is 0.470 e. The Morgan fingerprint density at radius 2 is 1.35 bits per heavy atom. The molecule has 0 fully saturated rings. The zero-order valence-corrected chi connectivity index (χ0v) is 16.6. The molecule has 0 aromatic heterocycles. The van der Waals surface area contributed by atoms with E-state index < -0.39 is 13.4 Å². The second kappa shape index (κ2) is 12.5. The summed E-state index contributed by atoms with van der Waals surface area (Å²) in [6.45, 7) is 8.27. The molecule has 2 N–H and O–H groups in total. The molecule has 5 heteroatoms. The molecule has 0 aliphatic heterocycles. The monoisotopic (exact) mass is 350 g/mol. The van der Waals surface area contributed by atoms with Gasteiger partial charge in [0.1, 0.15) is 0 Å². The van der Waals surface area contributed by atoms with Gasteiger partial charge in [0.25, 0.3) is 0 Å². The molecule has 0 aromatic rings. The van der Waals surface area contributed by atoms with Gasteiger partial charge in [-0.25, -0.2) is 4.57 Å². The van der Waals surface area contributed by atoms with Crippen LogP contribution in [0.2, 0.25) is 0 Å². The number of hydrogen-bond acceptors (Lipinski definition) is 2. The van der Waals surface area contributed by atoms with Crippen LogP contribution in [-0.4, -0.2) is 15.4 Å². The van der Waals surface area contributed by atoms with Crippen LogP contribution in [0.25, 0.3) is 0 Å². The third-order valence-corrected chi connectivity index (χ3v) is 5.74. The molecule has 1 atom stereocenters. The maximum atomic E-state index is 11.4. The van der Waals surface area contributed by atoms with Gasteiger partial charge in [-0.15, -0.1) is 0 Å². The fraction of sp³-hybridized carbons (Fsp3) is 1.00. The van der Waals surface area contributed by atoms with Gasteiger partial charge in [-0.2, -0.15) is 0 Å². The Bertz CT molecular complexity index is 323. The highest BCUT2D eigenvalue weighted by Crippen LogP contribution is 2.48. The van der Waals surface area contributed by atoms with Crippen molar-refractivity contribution in [2.75, 3.05) is 0 Å². The third kappa shape index (κ3) is 9.86. The quantitative estimate of drug-likeness (QED) is 0.272. The van der Waals surface area contributed by atoms with Crippen molar-refractivity contribution in [3.63, 3.8) is 0 Å². The summed E-state index contributed by atoms with van der Waals surface area (Å²) in [4.78, 5) is 18.5. The van der Waals surface area contributed by atoms with Crippen molar-refractivity contribution >= 4 is 7.82 Å². The lowest BCUT2D eigenvalue weighted by molar-refractivity contribution is -0.0288. The molecule has 1 unspecified atom stereocenters. The van der Waals surface area contributed by atoms with E-state index in [0.717, 1.165) is 19.3 Å². The minimum atomic E-state index is -4.45. The number of unbranched alkanes of at least 4 members (excludes halogenated alkanes) is 7. The van der Waals surface area contributed by atoms with Crippen LogP contribution in [0.5, 0.6) is 0 Å². The minimum Gasteiger partial charge on any atom is -0.303 e. The van der Waals surface area contributed by atoms with E-state index in [4.69, 9.17) is 4.52 Å². The predicted molar refractivity (Wildman–Crippen MR) is 97.5 cm³/mol. The summed E-state index contributed by atoms with van der Waals surface area (Å²) in [6.07, 6.45) is 13.4. The molecule has 0 heterocycles. The van der Waals surface area contributed by atoms with Crippen molar-refractivity contribution in [2.45, 2.75) is 110 Å². The number of phosphoric ester groups is 1.